The summed E-state index contributed by atoms with van der Waals surface area (Å²) in [5, 5.41) is 4.25. The van der Waals surface area contributed by atoms with Crippen molar-refractivity contribution in [1.82, 2.24) is 9.78 Å². The third-order valence-electron chi connectivity index (χ3n) is 2.55. The van der Waals surface area contributed by atoms with Gasteiger partial charge in [0.25, 0.3) is 0 Å². The van der Waals surface area contributed by atoms with Crippen molar-refractivity contribution in [2.45, 2.75) is 26.2 Å². The van der Waals surface area contributed by atoms with E-state index in [1.54, 1.807) is 6.20 Å². The Bertz CT molecular complexity index is 477. The van der Waals surface area contributed by atoms with Crippen LogP contribution >= 0.6 is 15.9 Å². The minimum Gasteiger partial charge on any atom is -0.240 e. The van der Waals surface area contributed by atoms with E-state index in [4.69, 9.17) is 0 Å². The zero-order valence-electron chi connectivity index (χ0n) is 9.74. The summed E-state index contributed by atoms with van der Waals surface area (Å²) in [5.41, 5.74) is 2.62. The molecule has 0 spiro atoms. The van der Waals surface area contributed by atoms with Gasteiger partial charge in [0.1, 0.15) is 0 Å². The molecule has 0 bridgehead atoms. The van der Waals surface area contributed by atoms with E-state index in [0.29, 0.717) is 0 Å². The first-order chi connectivity index (χ1) is 7.47. The predicted octanol–water partition coefficient (Wildman–Crippen LogP) is 3.93. The summed E-state index contributed by atoms with van der Waals surface area (Å²) in [6.07, 6.45) is 3.74. The Labute approximate surface area is 104 Å². The molecule has 1 aromatic heterocycles. The van der Waals surface area contributed by atoms with Gasteiger partial charge in [0.15, 0.2) is 0 Å². The lowest BCUT2D eigenvalue weighted by Gasteiger charge is -2.19. The first kappa shape index (κ1) is 11.4. The van der Waals surface area contributed by atoms with Gasteiger partial charge in [0, 0.05) is 6.20 Å². The molecule has 2 nitrogen and oxygen atoms in total. The number of nitrogens with zero attached hydrogens (tertiary/aromatic N) is 2. The second kappa shape index (κ2) is 4.06. The van der Waals surface area contributed by atoms with E-state index in [0.717, 1.165) is 10.2 Å². The van der Waals surface area contributed by atoms with Crippen molar-refractivity contribution in [3.63, 3.8) is 0 Å². The number of halogens is 1. The van der Waals surface area contributed by atoms with E-state index in [1.165, 1.54) is 5.56 Å². The molecule has 16 heavy (non-hydrogen) atoms. The third-order valence-corrected chi connectivity index (χ3v) is 2.96. The summed E-state index contributed by atoms with van der Waals surface area (Å²) < 4.78 is 2.85. The summed E-state index contributed by atoms with van der Waals surface area (Å²) in [5.74, 6) is 0. The average molecular weight is 279 g/mol. The lowest BCUT2D eigenvalue weighted by molar-refractivity contribution is 0.590. The largest absolute Gasteiger partial charge is 0.240 e. The van der Waals surface area contributed by atoms with Gasteiger partial charge in [-0.25, -0.2) is 4.68 Å². The van der Waals surface area contributed by atoms with E-state index < -0.39 is 0 Å². The van der Waals surface area contributed by atoms with Gasteiger partial charge in [0.05, 0.1) is 16.4 Å². The maximum absolute atomic E-state index is 4.25. The minimum absolute atomic E-state index is 0.198. The van der Waals surface area contributed by atoms with Gasteiger partial charge >= 0.3 is 0 Å². The van der Waals surface area contributed by atoms with Crippen LogP contribution in [-0.4, -0.2) is 9.78 Å². The molecule has 0 saturated carbocycles. The maximum Gasteiger partial charge on any atom is 0.0646 e. The molecular formula is C13H15BrN2. The molecular weight excluding hydrogens is 264 g/mol. The molecule has 0 aliphatic heterocycles. The summed E-state index contributed by atoms with van der Waals surface area (Å²) in [4.78, 5) is 0. The molecule has 3 heteroatoms. The molecule has 0 unspecified atom stereocenters. The molecule has 0 fully saturated rings. The van der Waals surface area contributed by atoms with E-state index in [1.807, 2.05) is 10.9 Å². The zero-order chi connectivity index (χ0) is 11.8. The van der Waals surface area contributed by atoms with Gasteiger partial charge in [-0.2, -0.15) is 5.10 Å². The Morgan fingerprint density at radius 1 is 1.12 bits per heavy atom. The number of rotatable bonds is 1. The summed E-state index contributed by atoms with van der Waals surface area (Å²) >= 11 is 3.39. The summed E-state index contributed by atoms with van der Waals surface area (Å²) in [6, 6.07) is 8.51. The van der Waals surface area contributed by atoms with Crippen molar-refractivity contribution in [3.05, 3.63) is 46.7 Å². The molecule has 1 aromatic carbocycles. The Hall–Kier alpha value is -1.09. The van der Waals surface area contributed by atoms with Crippen molar-refractivity contribution in [3.8, 4) is 5.69 Å². The van der Waals surface area contributed by atoms with E-state index in [2.05, 4.69) is 66.1 Å². The Morgan fingerprint density at radius 3 is 2.19 bits per heavy atom. The lowest BCUT2D eigenvalue weighted by atomic mass is 9.87. The van der Waals surface area contributed by atoms with Crippen LogP contribution in [0.15, 0.2) is 41.1 Å². The highest BCUT2D eigenvalue weighted by molar-refractivity contribution is 9.10. The SMILES string of the molecule is CC(C)(C)c1ccc(-n2cc(Br)cn2)cc1. The van der Waals surface area contributed by atoms with Crippen molar-refractivity contribution in [2.24, 2.45) is 0 Å². The highest BCUT2D eigenvalue weighted by Crippen LogP contribution is 2.23. The van der Waals surface area contributed by atoms with Gasteiger partial charge in [-0.15, -0.1) is 0 Å². The normalized spacial score (nSPS) is 11.8. The Kier molecular flexibility index (Phi) is 2.89. The van der Waals surface area contributed by atoms with Crippen LogP contribution in [0, 0.1) is 0 Å². The van der Waals surface area contributed by atoms with E-state index in [9.17, 15) is 0 Å². The second-order valence-corrected chi connectivity index (χ2v) is 5.82. The number of benzene rings is 1. The van der Waals surface area contributed by atoms with Crippen LogP contribution in [0.1, 0.15) is 26.3 Å². The molecule has 0 radical (unpaired) electrons. The fourth-order valence-electron chi connectivity index (χ4n) is 1.56. The molecule has 0 aliphatic rings. The van der Waals surface area contributed by atoms with E-state index in [-0.39, 0.29) is 5.41 Å². The maximum atomic E-state index is 4.25. The van der Waals surface area contributed by atoms with Crippen molar-refractivity contribution in [2.75, 3.05) is 0 Å². The van der Waals surface area contributed by atoms with Crippen molar-refractivity contribution >= 4 is 15.9 Å². The van der Waals surface area contributed by atoms with Crippen LogP contribution in [0.3, 0.4) is 0 Å². The smallest absolute Gasteiger partial charge is 0.0646 e. The summed E-state index contributed by atoms with van der Waals surface area (Å²) in [6.45, 7) is 6.64. The fraction of sp³-hybridized carbons (Fsp3) is 0.308. The average Bonchev–Trinajstić information content (AvgIpc) is 2.64. The molecule has 1 heterocycles. The number of hydrogen-bond acceptors (Lipinski definition) is 1. The molecule has 2 aromatic rings. The number of aromatic nitrogens is 2. The van der Waals surface area contributed by atoms with Crippen LogP contribution in [0.25, 0.3) is 5.69 Å². The van der Waals surface area contributed by atoms with Crippen molar-refractivity contribution < 1.29 is 0 Å². The Balaban J connectivity index is 2.33. The third kappa shape index (κ3) is 2.35. The van der Waals surface area contributed by atoms with E-state index >= 15 is 0 Å². The van der Waals surface area contributed by atoms with Gasteiger partial charge in [-0.3, -0.25) is 0 Å². The van der Waals surface area contributed by atoms with Gasteiger partial charge < -0.3 is 0 Å². The first-order valence-corrected chi connectivity index (χ1v) is 6.07. The second-order valence-electron chi connectivity index (χ2n) is 4.90. The Morgan fingerprint density at radius 2 is 1.75 bits per heavy atom. The molecule has 0 N–H and O–H groups in total. The summed E-state index contributed by atoms with van der Waals surface area (Å²) in [7, 11) is 0. The number of hydrogen-bond donors (Lipinski definition) is 0. The van der Waals surface area contributed by atoms with Crippen LogP contribution in [-0.2, 0) is 5.41 Å². The highest BCUT2D eigenvalue weighted by Gasteiger charge is 2.13. The van der Waals surface area contributed by atoms with Crippen LogP contribution in [0.2, 0.25) is 0 Å². The van der Waals surface area contributed by atoms with Crippen LogP contribution in [0.4, 0.5) is 0 Å². The highest BCUT2D eigenvalue weighted by atomic mass is 79.9. The zero-order valence-corrected chi connectivity index (χ0v) is 11.3. The molecule has 0 atom stereocenters. The quantitative estimate of drug-likeness (QED) is 0.773. The minimum atomic E-state index is 0.198. The standard InChI is InChI=1S/C13H15BrN2/c1-13(2,3)10-4-6-12(7-5-10)16-9-11(14)8-15-16/h4-9H,1-3H3. The van der Waals surface area contributed by atoms with Gasteiger partial charge in [0.2, 0.25) is 0 Å². The monoisotopic (exact) mass is 278 g/mol. The molecule has 0 aliphatic carbocycles. The first-order valence-electron chi connectivity index (χ1n) is 5.28. The molecule has 2 rings (SSSR count). The topological polar surface area (TPSA) is 17.8 Å². The lowest BCUT2D eigenvalue weighted by Crippen LogP contribution is -2.10. The van der Waals surface area contributed by atoms with Gasteiger partial charge in [-0.1, -0.05) is 32.9 Å². The molecule has 0 saturated heterocycles. The molecule has 0 amide bonds. The van der Waals surface area contributed by atoms with Crippen LogP contribution < -0.4 is 0 Å². The van der Waals surface area contributed by atoms with Crippen molar-refractivity contribution in [1.29, 1.82) is 0 Å². The van der Waals surface area contributed by atoms with Crippen LogP contribution in [0.5, 0.6) is 0 Å². The fourth-order valence-corrected chi connectivity index (χ4v) is 1.84. The van der Waals surface area contributed by atoms with Gasteiger partial charge in [-0.05, 0) is 39.0 Å². The predicted molar refractivity (Wildman–Crippen MR) is 70.0 cm³/mol. The molecule has 84 valence electrons.